The molecule has 2 N–H and O–H groups in total. The number of alkyl carbamates (subject to hydrolysis) is 1. The molecule has 2 heterocycles. The fourth-order valence-corrected chi connectivity index (χ4v) is 5.73. The molecule has 0 radical (unpaired) electrons. The Balaban J connectivity index is 1.44. The molecule has 1 aliphatic heterocycles. The molecule has 1 aromatic carbocycles. The van der Waals surface area contributed by atoms with Gasteiger partial charge in [0.1, 0.15) is 18.3 Å². The van der Waals surface area contributed by atoms with Gasteiger partial charge in [-0.1, -0.05) is 11.6 Å². The van der Waals surface area contributed by atoms with Gasteiger partial charge in [0.15, 0.2) is 11.5 Å². The third kappa shape index (κ3) is 6.74. The van der Waals surface area contributed by atoms with E-state index in [1.54, 1.807) is 13.1 Å². The zero-order valence-electron chi connectivity index (χ0n) is 24.4. The van der Waals surface area contributed by atoms with Crippen molar-refractivity contribution in [2.45, 2.75) is 91.5 Å². The fraction of sp³-hybridized carbons (Fsp3) is 0.567. The van der Waals surface area contributed by atoms with Gasteiger partial charge < -0.3 is 29.4 Å². The monoisotopic (exact) mass is 573 g/mol. The lowest BCUT2D eigenvalue weighted by Crippen LogP contribution is -2.44. The van der Waals surface area contributed by atoms with Crippen LogP contribution in [0.4, 0.5) is 4.79 Å². The maximum Gasteiger partial charge on any atom is 0.407 e. The van der Waals surface area contributed by atoms with E-state index in [9.17, 15) is 14.4 Å². The summed E-state index contributed by atoms with van der Waals surface area (Å²) in [5.41, 5.74) is 2.46. The SMILES string of the molecule is Cc1cc(C)c(CN(C)C(=O)c2cc(Cl)c3c(c2C)O[C@@H](C2CCC(NC(=O)OC(C)(C)C)CC2)CO3)c(=O)[nH]1. The molecule has 10 heteroatoms. The standard InChI is InChI=1S/C30H40ClN3O6/c1-16-12-17(2)32-27(35)22(16)14-34(7)28(36)21-13-23(31)26-25(18(21)3)39-24(15-38-26)19-8-10-20(11-9-19)33-29(37)40-30(4,5)6/h12-13,19-20,24H,8-11,14-15H2,1-7H3,(H,32,35)(H,33,37)/t19?,20?,24-/m1/s1. The molecule has 0 spiro atoms. The largest absolute Gasteiger partial charge is 0.484 e. The van der Waals surface area contributed by atoms with E-state index in [1.807, 2.05) is 47.6 Å². The van der Waals surface area contributed by atoms with Crippen LogP contribution in [-0.2, 0) is 11.3 Å². The van der Waals surface area contributed by atoms with Crippen molar-refractivity contribution in [3.63, 3.8) is 0 Å². The molecular weight excluding hydrogens is 534 g/mol. The first-order chi connectivity index (χ1) is 18.7. The number of carbonyl (C=O) groups excluding carboxylic acids is 2. The Morgan fingerprint density at radius 3 is 2.42 bits per heavy atom. The maximum absolute atomic E-state index is 13.5. The Labute approximate surface area is 240 Å². The number of rotatable bonds is 5. The molecule has 1 aliphatic carbocycles. The van der Waals surface area contributed by atoms with Crippen LogP contribution in [-0.4, -0.2) is 53.3 Å². The van der Waals surface area contributed by atoms with E-state index in [4.69, 9.17) is 25.8 Å². The lowest BCUT2D eigenvalue weighted by molar-refractivity contribution is 0.0261. The fourth-order valence-electron chi connectivity index (χ4n) is 5.49. The number of hydrogen-bond donors (Lipinski definition) is 2. The summed E-state index contributed by atoms with van der Waals surface area (Å²) < 4.78 is 17.9. The average Bonchev–Trinajstić information content (AvgIpc) is 2.86. The Morgan fingerprint density at radius 2 is 1.80 bits per heavy atom. The van der Waals surface area contributed by atoms with Gasteiger partial charge in [-0.05, 0) is 90.8 Å². The summed E-state index contributed by atoms with van der Waals surface area (Å²) in [6.45, 7) is 11.6. The first-order valence-electron chi connectivity index (χ1n) is 13.8. The van der Waals surface area contributed by atoms with Crippen molar-refractivity contribution in [1.82, 2.24) is 15.2 Å². The van der Waals surface area contributed by atoms with Crippen LogP contribution in [0, 0.1) is 26.7 Å². The highest BCUT2D eigenvalue weighted by Gasteiger charge is 2.36. The van der Waals surface area contributed by atoms with Crippen molar-refractivity contribution in [1.29, 1.82) is 0 Å². The number of pyridine rings is 1. The molecular formula is C30H40ClN3O6. The van der Waals surface area contributed by atoms with Gasteiger partial charge in [-0.3, -0.25) is 9.59 Å². The number of nitrogens with one attached hydrogen (secondary N) is 2. The molecule has 2 aliphatic rings. The third-order valence-electron chi connectivity index (χ3n) is 7.58. The second kappa shape index (κ2) is 11.7. The molecule has 1 saturated carbocycles. The highest BCUT2D eigenvalue weighted by atomic mass is 35.5. The number of hydrogen-bond acceptors (Lipinski definition) is 6. The molecule has 1 aromatic heterocycles. The Bertz CT molecular complexity index is 1340. The number of nitrogens with zero attached hydrogens (tertiary/aromatic N) is 1. The number of aryl methyl sites for hydroxylation is 2. The van der Waals surface area contributed by atoms with Gasteiger partial charge in [0.25, 0.3) is 11.5 Å². The summed E-state index contributed by atoms with van der Waals surface area (Å²) in [4.78, 5) is 42.5. The van der Waals surface area contributed by atoms with E-state index in [-0.39, 0.29) is 36.1 Å². The average molecular weight is 574 g/mol. The van der Waals surface area contributed by atoms with Gasteiger partial charge in [0.2, 0.25) is 0 Å². The van der Waals surface area contributed by atoms with E-state index in [0.717, 1.165) is 36.9 Å². The number of amides is 2. The van der Waals surface area contributed by atoms with E-state index in [2.05, 4.69) is 10.3 Å². The van der Waals surface area contributed by atoms with Crippen LogP contribution >= 0.6 is 11.6 Å². The number of ether oxygens (including phenoxy) is 3. The molecule has 2 aromatic rings. The second-order valence-electron chi connectivity index (χ2n) is 12.0. The predicted octanol–water partition coefficient (Wildman–Crippen LogP) is 5.45. The molecule has 2 amide bonds. The first kappa shape index (κ1) is 29.8. The lowest BCUT2D eigenvalue weighted by atomic mass is 9.82. The minimum absolute atomic E-state index is 0.0586. The van der Waals surface area contributed by atoms with E-state index < -0.39 is 11.7 Å². The van der Waals surface area contributed by atoms with Crippen molar-refractivity contribution < 1.29 is 23.8 Å². The van der Waals surface area contributed by atoms with Crippen LogP contribution in [0.5, 0.6) is 11.5 Å². The Morgan fingerprint density at radius 1 is 1.12 bits per heavy atom. The van der Waals surface area contributed by atoms with E-state index in [1.165, 1.54) is 4.90 Å². The first-order valence-corrected chi connectivity index (χ1v) is 14.2. The Hall–Kier alpha value is -3.20. The van der Waals surface area contributed by atoms with Crippen LogP contribution in [0.2, 0.25) is 5.02 Å². The minimum Gasteiger partial charge on any atom is -0.484 e. The maximum atomic E-state index is 13.5. The van der Waals surface area contributed by atoms with Crippen LogP contribution in [0.25, 0.3) is 0 Å². The van der Waals surface area contributed by atoms with Crippen molar-refractivity contribution in [2.24, 2.45) is 5.92 Å². The van der Waals surface area contributed by atoms with Gasteiger partial charge in [-0.25, -0.2) is 4.79 Å². The molecule has 9 nitrogen and oxygen atoms in total. The molecule has 40 heavy (non-hydrogen) atoms. The normalized spacial score (nSPS) is 20.6. The van der Waals surface area contributed by atoms with Crippen molar-refractivity contribution in [3.05, 3.63) is 55.5 Å². The molecule has 0 unspecified atom stereocenters. The van der Waals surface area contributed by atoms with Crippen LogP contribution < -0.4 is 20.3 Å². The summed E-state index contributed by atoms with van der Waals surface area (Å²) in [7, 11) is 1.66. The zero-order chi connectivity index (χ0) is 29.4. The van der Waals surface area contributed by atoms with Crippen molar-refractivity contribution in [3.8, 4) is 11.5 Å². The molecule has 1 fully saturated rings. The van der Waals surface area contributed by atoms with Gasteiger partial charge >= 0.3 is 6.09 Å². The molecule has 218 valence electrons. The van der Waals surface area contributed by atoms with Crippen molar-refractivity contribution >= 4 is 23.6 Å². The van der Waals surface area contributed by atoms with Crippen LogP contribution in [0.3, 0.4) is 0 Å². The number of fused-ring (bicyclic) bond motifs is 1. The summed E-state index contributed by atoms with van der Waals surface area (Å²) in [5.74, 6) is 0.905. The van der Waals surface area contributed by atoms with Gasteiger partial charge in [0.05, 0.1) is 11.6 Å². The molecule has 0 bridgehead atoms. The highest BCUT2D eigenvalue weighted by molar-refractivity contribution is 6.32. The number of aromatic amines is 1. The zero-order valence-corrected chi connectivity index (χ0v) is 25.2. The number of benzene rings is 1. The van der Waals surface area contributed by atoms with E-state index >= 15 is 0 Å². The van der Waals surface area contributed by atoms with Gasteiger partial charge in [0, 0.05) is 35.5 Å². The molecule has 0 saturated heterocycles. The second-order valence-corrected chi connectivity index (χ2v) is 12.4. The summed E-state index contributed by atoms with van der Waals surface area (Å²) >= 11 is 6.56. The van der Waals surface area contributed by atoms with Gasteiger partial charge in [-0.15, -0.1) is 0 Å². The predicted molar refractivity (Wildman–Crippen MR) is 154 cm³/mol. The lowest BCUT2D eigenvalue weighted by Gasteiger charge is -2.37. The van der Waals surface area contributed by atoms with Gasteiger partial charge in [-0.2, -0.15) is 0 Å². The minimum atomic E-state index is -0.534. The van der Waals surface area contributed by atoms with Crippen LogP contribution in [0.15, 0.2) is 16.9 Å². The third-order valence-corrected chi connectivity index (χ3v) is 7.87. The number of H-pyrrole nitrogens is 1. The highest BCUT2D eigenvalue weighted by Crippen LogP contribution is 2.45. The topological polar surface area (TPSA) is 110 Å². The summed E-state index contributed by atoms with van der Waals surface area (Å²) in [6.07, 6.45) is 2.78. The summed E-state index contributed by atoms with van der Waals surface area (Å²) in [5, 5.41) is 3.28. The number of carbonyl (C=O) groups is 2. The van der Waals surface area contributed by atoms with Crippen LogP contribution in [0.1, 0.15) is 79.2 Å². The smallest absolute Gasteiger partial charge is 0.407 e. The summed E-state index contributed by atoms with van der Waals surface area (Å²) in [6, 6.07) is 3.56. The molecule has 4 rings (SSSR count). The molecule has 1 atom stereocenters. The number of halogens is 1. The Kier molecular flexibility index (Phi) is 8.73. The number of aromatic nitrogens is 1. The quantitative estimate of drug-likeness (QED) is 0.492. The van der Waals surface area contributed by atoms with E-state index in [0.29, 0.717) is 39.8 Å². The van der Waals surface area contributed by atoms with Crippen molar-refractivity contribution in [2.75, 3.05) is 13.7 Å².